The van der Waals surface area contributed by atoms with Crippen LogP contribution in [-0.4, -0.2) is 46.3 Å². The maximum Gasteiger partial charge on any atom is 0.264 e. The summed E-state index contributed by atoms with van der Waals surface area (Å²) in [7, 11) is 0. The van der Waals surface area contributed by atoms with E-state index in [1.807, 2.05) is 6.07 Å². The van der Waals surface area contributed by atoms with E-state index in [1.165, 1.54) is 29.9 Å². The van der Waals surface area contributed by atoms with Gasteiger partial charge in [-0.25, -0.2) is 15.1 Å². The summed E-state index contributed by atoms with van der Waals surface area (Å²) in [5.74, 6) is 3.30. The van der Waals surface area contributed by atoms with Gasteiger partial charge in [0, 0.05) is 55.3 Å². The van der Waals surface area contributed by atoms with Gasteiger partial charge in [-0.05, 0) is 31.7 Å². The Labute approximate surface area is 146 Å². The van der Waals surface area contributed by atoms with Crippen LogP contribution in [0.15, 0.2) is 23.3 Å². The molecule has 2 fully saturated rings. The van der Waals surface area contributed by atoms with Crippen LogP contribution in [0.3, 0.4) is 0 Å². The van der Waals surface area contributed by atoms with E-state index in [0.29, 0.717) is 11.8 Å². The fraction of sp³-hybridized carbons (Fsp3) is 0.556. The van der Waals surface area contributed by atoms with Gasteiger partial charge in [0.1, 0.15) is 18.0 Å². The van der Waals surface area contributed by atoms with Crippen molar-refractivity contribution in [1.82, 2.24) is 20.2 Å². The Kier molecular flexibility index (Phi) is 3.46. The highest BCUT2D eigenvalue weighted by molar-refractivity contribution is 5.51. The molecule has 25 heavy (non-hydrogen) atoms. The summed E-state index contributed by atoms with van der Waals surface area (Å²) in [6.45, 7) is 4.09. The third kappa shape index (κ3) is 2.58. The summed E-state index contributed by atoms with van der Waals surface area (Å²) < 4.78 is 0. The molecule has 2 aliphatic heterocycles. The zero-order valence-corrected chi connectivity index (χ0v) is 14.2. The van der Waals surface area contributed by atoms with Crippen molar-refractivity contribution in [3.05, 3.63) is 40.1 Å². The molecule has 4 heterocycles. The van der Waals surface area contributed by atoms with E-state index in [0.717, 1.165) is 44.8 Å². The predicted molar refractivity (Wildman–Crippen MR) is 94.9 cm³/mol. The number of nitrogens with zero attached hydrogens (tertiary/aromatic N) is 5. The number of H-pyrrole nitrogens is 1. The molecule has 3 aliphatic rings. The number of anilines is 2. The number of hydrogen-bond acceptors (Lipinski definition) is 6. The third-order valence-electron chi connectivity index (χ3n) is 5.88. The molecule has 1 aliphatic carbocycles. The Hall–Kier alpha value is -2.44. The van der Waals surface area contributed by atoms with Crippen LogP contribution in [0.1, 0.15) is 24.1 Å². The van der Waals surface area contributed by atoms with Gasteiger partial charge in [0.25, 0.3) is 5.56 Å². The summed E-state index contributed by atoms with van der Waals surface area (Å²) in [6, 6.07) is 3.37. The monoisotopic (exact) mass is 338 g/mol. The molecule has 1 N–H and O–H groups in total. The minimum Gasteiger partial charge on any atom is -0.356 e. The molecule has 0 bridgehead atoms. The van der Waals surface area contributed by atoms with Crippen LogP contribution in [0.4, 0.5) is 11.6 Å². The fourth-order valence-electron chi connectivity index (χ4n) is 4.64. The molecule has 0 amide bonds. The predicted octanol–water partition coefficient (Wildman–Crippen LogP) is 1.01. The molecule has 5 rings (SSSR count). The quantitative estimate of drug-likeness (QED) is 0.881. The Morgan fingerprint density at radius 2 is 1.72 bits per heavy atom. The zero-order valence-electron chi connectivity index (χ0n) is 14.2. The summed E-state index contributed by atoms with van der Waals surface area (Å²) in [5, 5.41) is 6.71. The van der Waals surface area contributed by atoms with E-state index in [2.05, 4.69) is 30.0 Å². The SMILES string of the molecule is O=c1ccc(N2CC3CN(c4ncnc5c4CCCC5)CC3C2)n[nH]1. The molecular formula is C18H22N6O. The number of aromatic nitrogens is 4. The lowest BCUT2D eigenvalue weighted by atomic mass is 9.96. The fourth-order valence-corrected chi connectivity index (χ4v) is 4.64. The zero-order chi connectivity index (χ0) is 16.8. The lowest BCUT2D eigenvalue weighted by Gasteiger charge is -2.26. The molecule has 7 heteroatoms. The van der Waals surface area contributed by atoms with Crippen LogP contribution < -0.4 is 15.4 Å². The maximum atomic E-state index is 11.2. The van der Waals surface area contributed by atoms with Crippen molar-refractivity contribution in [2.75, 3.05) is 36.0 Å². The minimum atomic E-state index is -0.150. The largest absolute Gasteiger partial charge is 0.356 e. The van der Waals surface area contributed by atoms with Crippen LogP contribution in [0.25, 0.3) is 0 Å². The molecule has 0 aromatic carbocycles. The highest BCUT2D eigenvalue weighted by Crippen LogP contribution is 2.37. The first kappa shape index (κ1) is 14.9. The molecular weight excluding hydrogens is 316 g/mol. The number of hydrogen-bond donors (Lipinski definition) is 1. The van der Waals surface area contributed by atoms with Crippen molar-refractivity contribution >= 4 is 11.6 Å². The average Bonchev–Trinajstić information content (AvgIpc) is 3.21. The molecule has 2 aromatic rings. The molecule has 0 spiro atoms. The average molecular weight is 338 g/mol. The molecule has 7 nitrogen and oxygen atoms in total. The highest BCUT2D eigenvalue weighted by atomic mass is 16.1. The standard InChI is InChI=1S/C18H22N6O/c25-17-6-5-16(21-22-17)23-7-12-9-24(10-13(12)8-23)18-14-3-1-2-4-15(14)19-11-20-18/h5-6,11-13H,1-4,7-10H2,(H,22,25). The molecule has 2 atom stereocenters. The van der Waals surface area contributed by atoms with E-state index in [-0.39, 0.29) is 5.56 Å². The minimum absolute atomic E-state index is 0.150. The van der Waals surface area contributed by atoms with E-state index >= 15 is 0 Å². The van der Waals surface area contributed by atoms with Crippen LogP contribution in [0, 0.1) is 11.8 Å². The van der Waals surface area contributed by atoms with Crippen molar-refractivity contribution in [3.63, 3.8) is 0 Å². The topological polar surface area (TPSA) is 78.0 Å². The summed E-state index contributed by atoms with van der Waals surface area (Å²) >= 11 is 0. The maximum absolute atomic E-state index is 11.2. The summed E-state index contributed by atoms with van der Waals surface area (Å²) in [6.07, 6.45) is 6.45. The van der Waals surface area contributed by atoms with Crippen LogP contribution >= 0.6 is 0 Å². The van der Waals surface area contributed by atoms with Crippen molar-refractivity contribution in [3.8, 4) is 0 Å². The Balaban J connectivity index is 1.33. The molecule has 2 unspecified atom stereocenters. The van der Waals surface area contributed by atoms with E-state index in [9.17, 15) is 4.79 Å². The normalized spacial score (nSPS) is 25.1. The van der Waals surface area contributed by atoms with Gasteiger partial charge < -0.3 is 9.80 Å². The highest BCUT2D eigenvalue weighted by Gasteiger charge is 2.41. The molecule has 0 radical (unpaired) electrons. The lowest BCUT2D eigenvalue weighted by Crippen LogP contribution is -2.31. The van der Waals surface area contributed by atoms with Crippen molar-refractivity contribution in [1.29, 1.82) is 0 Å². The second kappa shape index (κ2) is 5.82. The van der Waals surface area contributed by atoms with Crippen molar-refractivity contribution in [2.45, 2.75) is 25.7 Å². The Bertz CT molecular complexity index is 815. The van der Waals surface area contributed by atoms with Gasteiger partial charge in [-0.1, -0.05) is 0 Å². The van der Waals surface area contributed by atoms with Gasteiger partial charge in [0.15, 0.2) is 0 Å². The van der Waals surface area contributed by atoms with Crippen molar-refractivity contribution in [2.24, 2.45) is 11.8 Å². The Morgan fingerprint density at radius 3 is 2.48 bits per heavy atom. The summed E-state index contributed by atoms with van der Waals surface area (Å²) in [4.78, 5) is 25.1. The molecule has 2 saturated heterocycles. The first-order valence-corrected chi connectivity index (χ1v) is 9.16. The van der Waals surface area contributed by atoms with Gasteiger partial charge in [-0.2, -0.15) is 5.10 Å². The number of nitrogens with one attached hydrogen (secondary N) is 1. The summed E-state index contributed by atoms with van der Waals surface area (Å²) in [5.41, 5.74) is 2.49. The van der Waals surface area contributed by atoms with Crippen LogP contribution in [-0.2, 0) is 12.8 Å². The van der Waals surface area contributed by atoms with Gasteiger partial charge >= 0.3 is 0 Å². The Morgan fingerprint density at radius 1 is 0.960 bits per heavy atom. The molecule has 2 aromatic heterocycles. The second-order valence-corrected chi connectivity index (χ2v) is 7.44. The first-order valence-electron chi connectivity index (χ1n) is 9.16. The van der Waals surface area contributed by atoms with Crippen LogP contribution in [0.2, 0.25) is 0 Å². The number of rotatable bonds is 2. The van der Waals surface area contributed by atoms with Gasteiger partial charge in [-0.3, -0.25) is 4.79 Å². The van der Waals surface area contributed by atoms with E-state index in [4.69, 9.17) is 0 Å². The second-order valence-electron chi connectivity index (χ2n) is 7.44. The molecule has 130 valence electrons. The van der Waals surface area contributed by atoms with Crippen LogP contribution in [0.5, 0.6) is 0 Å². The van der Waals surface area contributed by atoms with Gasteiger partial charge in [0.05, 0.1) is 0 Å². The smallest absolute Gasteiger partial charge is 0.264 e. The van der Waals surface area contributed by atoms with E-state index in [1.54, 1.807) is 12.4 Å². The first-order chi connectivity index (χ1) is 12.3. The van der Waals surface area contributed by atoms with Gasteiger partial charge in [0.2, 0.25) is 0 Å². The van der Waals surface area contributed by atoms with Gasteiger partial charge in [-0.15, -0.1) is 0 Å². The third-order valence-corrected chi connectivity index (χ3v) is 5.88. The van der Waals surface area contributed by atoms with E-state index < -0.39 is 0 Å². The lowest BCUT2D eigenvalue weighted by molar-refractivity contribution is 0.533. The number of aromatic amines is 1. The number of fused-ring (bicyclic) bond motifs is 2. The molecule has 0 saturated carbocycles. The van der Waals surface area contributed by atoms with Crippen molar-refractivity contribution < 1.29 is 0 Å². The number of aryl methyl sites for hydroxylation is 1.